The number of rotatable bonds is 4. The number of anilines is 1. The van der Waals surface area contributed by atoms with Crippen LogP contribution in [-0.4, -0.2) is 15.5 Å². The fourth-order valence-electron chi connectivity index (χ4n) is 2.72. The van der Waals surface area contributed by atoms with Gasteiger partial charge in [0, 0.05) is 12.1 Å². The quantitative estimate of drug-likeness (QED) is 0.595. The lowest BCUT2D eigenvalue weighted by molar-refractivity contribution is -0.137. The first kappa shape index (κ1) is 19.2. The minimum Gasteiger partial charge on any atom is -0.307 e. The largest absolute Gasteiger partial charge is 0.418 e. The van der Waals surface area contributed by atoms with Crippen molar-refractivity contribution in [1.29, 1.82) is 0 Å². The summed E-state index contributed by atoms with van der Waals surface area (Å²) in [5.41, 5.74) is 2.28. The number of nitrogens with zero attached hydrogens (tertiary/aromatic N) is 1. The summed E-state index contributed by atoms with van der Waals surface area (Å²) in [4.78, 5) is 38.9. The summed E-state index contributed by atoms with van der Waals surface area (Å²) < 4.78 is 40.0. The average Bonchev–Trinajstić information content (AvgIpc) is 2.65. The highest BCUT2D eigenvalue weighted by atomic mass is 19.4. The molecule has 0 unspecified atom stereocenters. The minimum absolute atomic E-state index is 0.0498. The van der Waals surface area contributed by atoms with Gasteiger partial charge in [0.25, 0.3) is 11.5 Å². The molecular formula is C18H15F3N4O3. The monoisotopic (exact) mass is 392 g/mol. The average molecular weight is 392 g/mol. The van der Waals surface area contributed by atoms with E-state index in [1.807, 2.05) is 0 Å². The summed E-state index contributed by atoms with van der Waals surface area (Å²) in [6, 6.07) is 8.68. The van der Waals surface area contributed by atoms with E-state index in [0.717, 1.165) is 10.6 Å². The Hall–Kier alpha value is -3.56. The molecule has 0 aliphatic heterocycles. The molecular weight excluding hydrogens is 377 g/mol. The third-order valence-corrected chi connectivity index (χ3v) is 4.10. The molecule has 3 N–H and O–H groups in total. The maximum atomic E-state index is 13.0. The van der Waals surface area contributed by atoms with Gasteiger partial charge in [0.15, 0.2) is 0 Å². The number of para-hydroxylation sites is 1. The van der Waals surface area contributed by atoms with E-state index in [2.05, 4.69) is 15.8 Å². The summed E-state index contributed by atoms with van der Waals surface area (Å²) in [5.74, 6) is -0.737. The van der Waals surface area contributed by atoms with E-state index < -0.39 is 28.9 Å². The van der Waals surface area contributed by atoms with Crippen LogP contribution in [0.3, 0.4) is 0 Å². The summed E-state index contributed by atoms with van der Waals surface area (Å²) in [6.45, 7) is 1.84. The molecule has 0 bridgehead atoms. The van der Waals surface area contributed by atoms with Crippen molar-refractivity contribution < 1.29 is 18.0 Å². The lowest BCUT2D eigenvalue weighted by atomic mass is 10.1. The molecule has 1 aromatic heterocycles. The van der Waals surface area contributed by atoms with Crippen LogP contribution in [0.2, 0.25) is 0 Å². The molecule has 0 radical (unpaired) electrons. The number of amides is 1. The van der Waals surface area contributed by atoms with Crippen molar-refractivity contribution in [3.05, 3.63) is 74.4 Å². The molecule has 7 nitrogen and oxygen atoms in total. The van der Waals surface area contributed by atoms with Crippen molar-refractivity contribution in [1.82, 2.24) is 15.0 Å². The van der Waals surface area contributed by atoms with Crippen molar-refractivity contribution >= 4 is 22.5 Å². The number of carbonyl (C=O) groups is 1. The smallest absolute Gasteiger partial charge is 0.307 e. The van der Waals surface area contributed by atoms with Crippen LogP contribution in [0, 0.1) is 0 Å². The van der Waals surface area contributed by atoms with E-state index >= 15 is 0 Å². The number of hydrazine groups is 1. The van der Waals surface area contributed by atoms with Crippen molar-refractivity contribution in [2.24, 2.45) is 0 Å². The number of fused-ring (bicyclic) bond motifs is 1. The molecule has 28 heavy (non-hydrogen) atoms. The van der Waals surface area contributed by atoms with E-state index in [4.69, 9.17) is 0 Å². The zero-order valence-corrected chi connectivity index (χ0v) is 14.6. The van der Waals surface area contributed by atoms with Gasteiger partial charge in [-0.15, -0.1) is 0 Å². The normalized spacial score (nSPS) is 11.4. The summed E-state index contributed by atoms with van der Waals surface area (Å²) in [7, 11) is 0. The van der Waals surface area contributed by atoms with E-state index in [1.54, 1.807) is 6.92 Å². The molecule has 0 atom stereocenters. The maximum Gasteiger partial charge on any atom is 0.418 e. The first-order valence-corrected chi connectivity index (χ1v) is 8.22. The number of alkyl halides is 3. The van der Waals surface area contributed by atoms with Gasteiger partial charge < -0.3 is 4.98 Å². The van der Waals surface area contributed by atoms with Crippen molar-refractivity contribution in [3.63, 3.8) is 0 Å². The van der Waals surface area contributed by atoms with Gasteiger partial charge in [0.05, 0.1) is 22.2 Å². The van der Waals surface area contributed by atoms with Gasteiger partial charge in [-0.2, -0.15) is 13.2 Å². The van der Waals surface area contributed by atoms with Crippen LogP contribution in [0.15, 0.2) is 52.1 Å². The SMILES string of the molecule is CCn1c(=O)[nH]c2cc(C(=O)NNc3ccccc3C(F)(F)F)ccc2c1=O. The first-order chi connectivity index (χ1) is 13.2. The molecule has 1 amide bonds. The molecule has 0 saturated carbocycles. The number of H-pyrrole nitrogens is 1. The number of hydrogen-bond donors (Lipinski definition) is 3. The summed E-state index contributed by atoms with van der Waals surface area (Å²) in [5, 5.41) is 0.216. The highest BCUT2D eigenvalue weighted by Gasteiger charge is 2.33. The second kappa shape index (κ2) is 7.22. The van der Waals surface area contributed by atoms with E-state index in [0.29, 0.717) is 0 Å². The number of halogens is 3. The minimum atomic E-state index is -4.59. The molecule has 0 aliphatic rings. The van der Waals surface area contributed by atoms with Crippen LogP contribution in [0.5, 0.6) is 0 Å². The fraction of sp³-hybridized carbons (Fsp3) is 0.167. The van der Waals surface area contributed by atoms with Gasteiger partial charge in [-0.05, 0) is 37.3 Å². The predicted octanol–water partition coefficient (Wildman–Crippen LogP) is 2.49. The van der Waals surface area contributed by atoms with E-state index in [9.17, 15) is 27.6 Å². The number of aromatic nitrogens is 2. The highest BCUT2D eigenvalue weighted by molar-refractivity contribution is 5.98. The Balaban J connectivity index is 1.87. The molecule has 0 aliphatic carbocycles. The van der Waals surface area contributed by atoms with Gasteiger partial charge >= 0.3 is 11.9 Å². The zero-order valence-electron chi connectivity index (χ0n) is 14.6. The number of hydrogen-bond acceptors (Lipinski definition) is 4. The van der Waals surface area contributed by atoms with Crippen LogP contribution >= 0.6 is 0 Å². The first-order valence-electron chi connectivity index (χ1n) is 8.22. The molecule has 0 saturated heterocycles. The van der Waals surface area contributed by atoms with Gasteiger partial charge in [-0.1, -0.05) is 12.1 Å². The van der Waals surface area contributed by atoms with Crippen molar-refractivity contribution in [3.8, 4) is 0 Å². The molecule has 146 valence electrons. The summed E-state index contributed by atoms with van der Waals surface area (Å²) >= 11 is 0. The fourth-order valence-corrected chi connectivity index (χ4v) is 2.72. The lowest BCUT2D eigenvalue weighted by Crippen LogP contribution is -2.34. The molecule has 0 spiro atoms. The zero-order chi connectivity index (χ0) is 20.5. The Morgan fingerprint density at radius 2 is 1.86 bits per heavy atom. The Kier molecular flexibility index (Phi) is 4.95. The number of aromatic amines is 1. The standard InChI is InChI=1S/C18H15F3N4O3/c1-2-25-16(27)11-8-7-10(9-14(11)22-17(25)28)15(26)24-23-13-6-4-3-5-12(13)18(19,20)21/h3-9,23H,2H2,1H3,(H,22,28)(H,24,26). The molecule has 1 heterocycles. The van der Waals surface area contributed by atoms with Gasteiger partial charge in [-0.3, -0.25) is 25.0 Å². The molecule has 3 rings (SSSR count). The van der Waals surface area contributed by atoms with Crippen LogP contribution < -0.4 is 22.1 Å². The molecule has 2 aromatic carbocycles. The Morgan fingerprint density at radius 3 is 2.54 bits per heavy atom. The van der Waals surface area contributed by atoms with Crippen LogP contribution in [0.25, 0.3) is 10.9 Å². The second-order valence-electron chi connectivity index (χ2n) is 5.86. The number of nitrogens with one attached hydrogen (secondary N) is 3. The molecule has 0 fully saturated rings. The van der Waals surface area contributed by atoms with Crippen molar-refractivity contribution in [2.45, 2.75) is 19.6 Å². The molecule has 10 heteroatoms. The highest BCUT2D eigenvalue weighted by Crippen LogP contribution is 2.34. The topological polar surface area (TPSA) is 96.0 Å². The van der Waals surface area contributed by atoms with Gasteiger partial charge in [-0.25, -0.2) is 4.79 Å². The number of carbonyl (C=O) groups excluding carboxylic acids is 1. The summed E-state index contributed by atoms with van der Waals surface area (Å²) in [6.07, 6.45) is -4.59. The van der Waals surface area contributed by atoms with E-state index in [1.165, 1.54) is 36.4 Å². The third kappa shape index (κ3) is 3.61. The van der Waals surface area contributed by atoms with Crippen LogP contribution in [0.4, 0.5) is 18.9 Å². The van der Waals surface area contributed by atoms with Gasteiger partial charge in [0.2, 0.25) is 0 Å². The van der Waals surface area contributed by atoms with Crippen LogP contribution in [-0.2, 0) is 12.7 Å². The lowest BCUT2D eigenvalue weighted by Gasteiger charge is -2.15. The van der Waals surface area contributed by atoms with Crippen LogP contribution in [0.1, 0.15) is 22.8 Å². The Bertz CT molecular complexity index is 1170. The Labute approximate surface area is 155 Å². The molecule has 3 aromatic rings. The third-order valence-electron chi connectivity index (χ3n) is 4.10. The maximum absolute atomic E-state index is 13.0. The number of benzene rings is 2. The second-order valence-corrected chi connectivity index (χ2v) is 5.86. The Morgan fingerprint density at radius 1 is 1.14 bits per heavy atom. The predicted molar refractivity (Wildman–Crippen MR) is 97.0 cm³/mol. The van der Waals surface area contributed by atoms with E-state index in [-0.39, 0.29) is 28.7 Å². The van der Waals surface area contributed by atoms with Gasteiger partial charge in [0.1, 0.15) is 0 Å². The van der Waals surface area contributed by atoms with Crippen molar-refractivity contribution in [2.75, 3.05) is 5.43 Å².